The van der Waals surface area contributed by atoms with E-state index in [1.807, 2.05) is 23.1 Å². The van der Waals surface area contributed by atoms with Crippen molar-refractivity contribution in [2.24, 2.45) is 5.41 Å². The summed E-state index contributed by atoms with van der Waals surface area (Å²) in [4.78, 5) is 19.0. The first-order valence-electron chi connectivity index (χ1n) is 10.9. The van der Waals surface area contributed by atoms with Gasteiger partial charge in [-0.05, 0) is 49.3 Å². The highest BCUT2D eigenvalue weighted by Gasteiger charge is 2.32. The molecule has 0 bridgehead atoms. The first-order chi connectivity index (χ1) is 14.0. The monoisotopic (exact) mass is 398 g/mol. The molecule has 5 heteroatoms. The van der Waals surface area contributed by atoms with Crippen molar-refractivity contribution in [3.8, 4) is 11.5 Å². The highest BCUT2D eigenvalue weighted by atomic mass is 16.5. The summed E-state index contributed by atoms with van der Waals surface area (Å²) in [5.41, 5.74) is 2.49. The lowest BCUT2D eigenvalue weighted by atomic mass is 9.74. The van der Waals surface area contributed by atoms with Gasteiger partial charge >= 0.3 is 0 Å². The number of methoxy groups -OCH3 is 1. The van der Waals surface area contributed by atoms with Crippen LogP contribution < -0.4 is 9.47 Å². The molecule has 2 heterocycles. The zero-order chi connectivity index (χ0) is 20.9. The maximum Gasteiger partial charge on any atom is 0.222 e. The summed E-state index contributed by atoms with van der Waals surface area (Å²) in [6.07, 6.45) is 7.70. The van der Waals surface area contributed by atoms with Gasteiger partial charge in [0.1, 0.15) is 0 Å². The Labute approximate surface area is 174 Å². The first kappa shape index (κ1) is 21.4. The zero-order valence-electron chi connectivity index (χ0n) is 18.3. The number of piperidine rings is 1. The molecule has 2 aromatic rings. The van der Waals surface area contributed by atoms with Crippen LogP contribution in [0.2, 0.25) is 0 Å². The predicted molar refractivity (Wildman–Crippen MR) is 117 cm³/mol. The van der Waals surface area contributed by atoms with Gasteiger partial charge in [-0.3, -0.25) is 9.78 Å². The number of aryl methyl sites for hydroxylation is 1. The Bertz CT molecular complexity index is 835. The fraction of sp³-hybridized carbons (Fsp3) is 0.583. The van der Waals surface area contributed by atoms with Crippen molar-refractivity contribution in [1.29, 1.82) is 0 Å². The zero-order valence-corrected chi connectivity index (χ0v) is 18.3. The van der Waals surface area contributed by atoms with Crippen molar-refractivity contribution < 1.29 is 14.3 Å². The molecule has 0 unspecified atom stereocenters. The van der Waals surface area contributed by atoms with Gasteiger partial charge < -0.3 is 14.4 Å². The average molecular weight is 399 g/mol. The molecule has 0 N–H and O–H groups in total. The molecule has 0 saturated carbocycles. The highest BCUT2D eigenvalue weighted by molar-refractivity contribution is 5.85. The molecule has 0 aliphatic carbocycles. The van der Waals surface area contributed by atoms with Gasteiger partial charge in [0.25, 0.3) is 0 Å². The Morgan fingerprint density at radius 1 is 1.17 bits per heavy atom. The number of carbonyl (C=O) groups is 1. The minimum absolute atomic E-state index is 0.247. The molecule has 3 rings (SSSR count). The highest BCUT2D eigenvalue weighted by Crippen LogP contribution is 2.38. The second-order valence-corrected chi connectivity index (χ2v) is 8.19. The van der Waals surface area contributed by atoms with Gasteiger partial charge in [-0.2, -0.15) is 0 Å². The molecule has 1 aromatic carbocycles. The van der Waals surface area contributed by atoms with Gasteiger partial charge in [-0.15, -0.1) is 0 Å². The lowest BCUT2D eigenvalue weighted by Crippen LogP contribution is -2.42. The Kier molecular flexibility index (Phi) is 6.99. The fourth-order valence-electron chi connectivity index (χ4n) is 4.31. The summed E-state index contributed by atoms with van der Waals surface area (Å²) in [5.74, 6) is 1.63. The number of hydrogen-bond acceptors (Lipinski definition) is 4. The topological polar surface area (TPSA) is 51.7 Å². The van der Waals surface area contributed by atoms with Crippen LogP contribution >= 0.6 is 0 Å². The number of rotatable bonds is 8. The predicted octanol–water partition coefficient (Wildman–Crippen LogP) is 5.14. The molecule has 0 spiro atoms. The van der Waals surface area contributed by atoms with Crippen molar-refractivity contribution in [1.82, 2.24) is 9.88 Å². The fourth-order valence-corrected chi connectivity index (χ4v) is 4.31. The van der Waals surface area contributed by atoms with Crippen molar-refractivity contribution in [3.63, 3.8) is 0 Å². The van der Waals surface area contributed by atoms with Gasteiger partial charge in [-0.25, -0.2) is 0 Å². The van der Waals surface area contributed by atoms with Crippen molar-refractivity contribution in [2.75, 3.05) is 26.8 Å². The third-order valence-electron chi connectivity index (χ3n) is 6.71. The van der Waals surface area contributed by atoms with Crippen LogP contribution in [0.4, 0.5) is 0 Å². The Morgan fingerprint density at radius 2 is 1.90 bits per heavy atom. The van der Waals surface area contributed by atoms with Crippen molar-refractivity contribution >= 4 is 16.8 Å². The van der Waals surface area contributed by atoms with E-state index in [1.54, 1.807) is 13.3 Å². The third-order valence-corrected chi connectivity index (χ3v) is 6.71. The number of hydrogen-bond donors (Lipinski definition) is 0. The summed E-state index contributed by atoms with van der Waals surface area (Å²) in [6.45, 7) is 8.88. The van der Waals surface area contributed by atoms with E-state index >= 15 is 0 Å². The molecular weight excluding hydrogens is 364 g/mol. The summed E-state index contributed by atoms with van der Waals surface area (Å²) in [5, 5.41) is 1.06. The van der Waals surface area contributed by atoms with Gasteiger partial charge in [0.2, 0.25) is 5.91 Å². The maximum absolute atomic E-state index is 12.6. The number of nitrogens with zero attached hydrogens (tertiary/aromatic N) is 2. The largest absolute Gasteiger partial charge is 0.493 e. The molecule has 0 atom stereocenters. The van der Waals surface area contributed by atoms with E-state index in [2.05, 4.69) is 25.8 Å². The van der Waals surface area contributed by atoms with Gasteiger partial charge in [-0.1, -0.05) is 26.7 Å². The Morgan fingerprint density at radius 3 is 2.55 bits per heavy atom. The molecule has 0 radical (unpaired) electrons. The minimum Gasteiger partial charge on any atom is -0.493 e. The van der Waals surface area contributed by atoms with E-state index in [1.165, 1.54) is 12.8 Å². The molecule has 1 aromatic heterocycles. The van der Waals surface area contributed by atoms with Crippen molar-refractivity contribution in [3.05, 3.63) is 30.0 Å². The number of likely N-dealkylation sites (tertiary alicyclic amines) is 1. The van der Waals surface area contributed by atoms with Crippen LogP contribution in [0.25, 0.3) is 10.9 Å². The average Bonchev–Trinajstić information content (AvgIpc) is 2.76. The summed E-state index contributed by atoms with van der Waals surface area (Å²) in [6, 6.07) is 5.88. The van der Waals surface area contributed by atoms with Crippen LogP contribution in [0.1, 0.15) is 57.9 Å². The van der Waals surface area contributed by atoms with E-state index in [4.69, 9.17) is 9.47 Å². The number of pyridine rings is 1. The SMILES string of the molecule is CCC1(CC)CCN(C(=O)CCCOc2cc3nccc(C)c3cc2OC)CC1. The molecule has 1 aliphatic heterocycles. The Hall–Kier alpha value is -2.30. The molecule has 1 aliphatic rings. The van der Waals surface area contributed by atoms with E-state index in [-0.39, 0.29) is 5.91 Å². The molecule has 1 amide bonds. The lowest BCUT2D eigenvalue weighted by molar-refractivity contribution is -0.133. The normalized spacial score (nSPS) is 16.1. The molecule has 1 fully saturated rings. The number of ether oxygens (including phenoxy) is 2. The van der Waals surface area contributed by atoms with E-state index in [9.17, 15) is 4.79 Å². The molecule has 158 valence electrons. The van der Waals surface area contributed by atoms with Crippen LogP contribution in [0.3, 0.4) is 0 Å². The van der Waals surface area contributed by atoms with E-state index in [0.29, 0.717) is 36.4 Å². The summed E-state index contributed by atoms with van der Waals surface area (Å²) in [7, 11) is 1.65. The second-order valence-electron chi connectivity index (χ2n) is 8.19. The summed E-state index contributed by atoms with van der Waals surface area (Å²) >= 11 is 0. The minimum atomic E-state index is 0.247. The van der Waals surface area contributed by atoms with Crippen molar-refractivity contribution in [2.45, 2.75) is 59.3 Å². The van der Waals surface area contributed by atoms with E-state index in [0.717, 1.165) is 42.4 Å². The maximum atomic E-state index is 12.6. The van der Waals surface area contributed by atoms with E-state index < -0.39 is 0 Å². The second kappa shape index (κ2) is 9.47. The molecule has 5 nitrogen and oxygen atoms in total. The Balaban J connectivity index is 1.51. The van der Waals surface area contributed by atoms with Crippen LogP contribution in [0, 0.1) is 12.3 Å². The van der Waals surface area contributed by atoms with Gasteiger partial charge in [0.05, 0.1) is 19.2 Å². The van der Waals surface area contributed by atoms with Gasteiger partial charge in [0.15, 0.2) is 11.5 Å². The number of amides is 1. The summed E-state index contributed by atoms with van der Waals surface area (Å²) < 4.78 is 11.4. The lowest BCUT2D eigenvalue weighted by Gasteiger charge is -2.41. The quantitative estimate of drug-likeness (QED) is 0.578. The molecule has 29 heavy (non-hydrogen) atoms. The number of carbonyl (C=O) groups excluding carboxylic acids is 1. The van der Waals surface area contributed by atoms with Crippen LogP contribution in [0.15, 0.2) is 24.4 Å². The smallest absolute Gasteiger partial charge is 0.222 e. The number of benzene rings is 1. The number of fused-ring (bicyclic) bond motifs is 1. The standard InChI is InChI=1S/C24H34N2O3/c1-5-24(6-2)10-13-26(14-11-24)23(27)8-7-15-29-22-17-20-19(16-21(22)28-4)18(3)9-12-25-20/h9,12,16-17H,5-8,10-11,13-15H2,1-4H3. The van der Waals surface area contributed by atoms with Gasteiger partial charge in [0, 0.05) is 37.2 Å². The third kappa shape index (κ3) is 4.82. The van der Waals surface area contributed by atoms with Crippen LogP contribution in [-0.2, 0) is 4.79 Å². The molecule has 1 saturated heterocycles. The van der Waals surface area contributed by atoms with Crippen LogP contribution in [0.5, 0.6) is 11.5 Å². The number of aromatic nitrogens is 1. The van der Waals surface area contributed by atoms with Crippen LogP contribution in [-0.4, -0.2) is 42.6 Å². The molecular formula is C24H34N2O3. The first-order valence-corrected chi connectivity index (χ1v) is 10.9.